The van der Waals surface area contributed by atoms with Gasteiger partial charge in [-0.25, -0.2) is 0 Å². The fourth-order valence-corrected chi connectivity index (χ4v) is 0.965. The number of hydrogen-bond acceptors (Lipinski definition) is 3. The number of nitrogens with zero attached hydrogens (tertiary/aromatic N) is 1. The van der Waals surface area contributed by atoms with Gasteiger partial charge in [0, 0.05) is 10.6 Å². The molecule has 0 bridgehead atoms. The Kier molecular flexibility index (Phi) is 3.93. The third kappa shape index (κ3) is 3.86. The number of primary amides is 1. The third-order valence-corrected chi connectivity index (χ3v) is 1.76. The first-order valence-electron chi connectivity index (χ1n) is 4.09. The van der Waals surface area contributed by atoms with Gasteiger partial charge < -0.3 is 16.3 Å². The van der Waals surface area contributed by atoms with Crippen molar-refractivity contribution >= 4 is 23.3 Å². The second kappa shape index (κ2) is 5.21. The molecule has 0 unspecified atom stereocenters. The maximum absolute atomic E-state index is 10.3. The van der Waals surface area contributed by atoms with E-state index in [9.17, 15) is 4.79 Å². The summed E-state index contributed by atoms with van der Waals surface area (Å²) in [6.07, 6.45) is 0. The molecule has 15 heavy (non-hydrogen) atoms. The lowest BCUT2D eigenvalue weighted by atomic mass is 10.2. The molecule has 4 N–H and O–H groups in total. The van der Waals surface area contributed by atoms with E-state index >= 15 is 0 Å². The average molecular weight is 228 g/mol. The minimum atomic E-state index is -0.609. The Labute approximate surface area is 91.6 Å². The molecule has 0 spiro atoms. The zero-order chi connectivity index (χ0) is 11.3. The van der Waals surface area contributed by atoms with Crippen LogP contribution in [0.5, 0.6) is 0 Å². The van der Waals surface area contributed by atoms with E-state index in [0.717, 1.165) is 0 Å². The van der Waals surface area contributed by atoms with E-state index in [1.165, 1.54) is 0 Å². The number of nitrogens with two attached hydrogens (primary N) is 2. The zero-order valence-electron chi connectivity index (χ0n) is 7.81. The van der Waals surface area contributed by atoms with Gasteiger partial charge in [-0.05, 0) is 24.3 Å². The number of benzene rings is 1. The molecule has 1 aromatic rings. The molecule has 0 saturated carbocycles. The lowest BCUT2D eigenvalue weighted by Gasteiger charge is -2.00. The van der Waals surface area contributed by atoms with Crippen molar-refractivity contribution in [3.63, 3.8) is 0 Å². The van der Waals surface area contributed by atoms with Crippen LogP contribution in [0, 0.1) is 0 Å². The maximum atomic E-state index is 10.3. The molecule has 0 atom stereocenters. The van der Waals surface area contributed by atoms with Crippen molar-refractivity contribution in [1.29, 1.82) is 0 Å². The van der Waals surface area contributed by atoms with Crippen LogP contribution in [0.4, 0.5) is 0 Å². The molecule has 0 aromatic heterocycles. The predicted molar refractivity (Wildman–Crippen MR) is 57.3 cm³/mol. The van der Waals surface area contributed by atoms with E-state index in [1.54, 1.807) is 24.3 Å². The second-order valence-electron chi connectivity index (χ2n) is 2.72. The minimum Gasteiger partial charge on any atom is -0.384 e. The van der Waals surface area contributed by atoms with Crippen LogP contribution in [0.3, 0.4) is 0 Å². The van der Waals surface area contributed by atoms with Crippen molar-refractivity contribution in [2.24, 2.45) is 16.6 Å². The Hall–Kier alpha value is -1.75. The van der Waals surface area contributed by atoms with E-state index in [-0.39, 0.29) is 12.4 Å². The van der Waals surface area contributed by atoms with Gasteiger partial charge in [-0.2, -0.15) is 0 Å². The summed E-state index contributed by atoms with van der Waals surface area (Å²) in [6, 6.07) is 6.73. The predicted octanol–water partition coefficient (Wildman–Crippen LogP) is 0.462. The maximum Gasteiger partial charge on any atom is 0.258 e. The summed E-state index contributed by atoms with van der Waals surface area (Å²) in [7, 11) is 0. The molecule has 1 amide bonds. The molecular weight excluding hydrogens is 218 g/mol. The molecule has 0 radical (unpaired) electrons. The summed E-state index contributed by atoms with van der Waals surface area (Å²) in [5.41, 5.74) is 11.1. The summed E-state index contributed by atoms with van der Waals surface area (Å²) in [5, 5.41) is 4.12. The highest BCUT2D eigenvalue weighted by Crippen LogP contribution is 2.09. The Balaban J connectivity index is 2.63. The van der Waals surface area contributed by atoms with E-state index in [4.69, 9.17) is 23.1 Å². The van der Waals surface area contributed by atoms with Crippen LogP contribution in [0.25, 0.3) is 0 Å². The first kappa shape index (κ1) is 11.3. The molecule has 1 aromatic carbocycles. The van der Waals surface area contributed by atoms with Gasteiger partial charge in [0.1, 0.15) is 0 Å². The van der Waals surface area contributed by atoms with Crippen molar-refractivity contribution in [3.05, 3.63) is 34.9 Å². The molecule has 80 valence electrons. The summed E-state index contributed by atoms with van der Waals surface area (Å²) in [4.78, 5) is 14.9. The molecule has 0 aliphatic heterocycles. The van der Waals surface area contributed by atoms with Gasteiger partial charge in [-0.3, -0.25) is 4.79 Å². The number of amides is 1. The quantitative estimate of drug-likeness (QED) is 0.445. The summed E-state index contributed by atoms with van der Waals surface area (Å²) >= 11 is 5.69. The second-order valence-corrected chi connectivity index (χ2v) is 3.16. The van der Waals surface area contributed by atoms with Gasteiger partial charge in [0.25, 0.3) is 5.91 Å². The number of halogens is 1. The average Bonchev–Trinajstić information content (AvgIpc) is 2.18. The van der Waals surface area contributed by atoms with E-state index in [0.29, 0.717) is 10.6 Å². The first-order valence-corrected chi connectivity index (χ1v) is 4.47. The van der Waals surface area contributed by atoms with Crippen molar-refractivity contribution in [3.8, 4) is 0 Å². The number of rotatable bonds is 4. The Morgan fingerprint density at radius 2 is 1.93 bits per heavy atom. The Bertz CT molecular complexity index is 375. The summed E-state index contributed by atoms with van der Waals surface area (Å²) in [5.74, 6) is -0.449. The standard InChI is InChI=1S/C9H10ClN3O2/c10-7-3-1-6(2-4-7)9(12)13-15-5-8(11)14/h1-4H,5H2,(H2,11,14)(H2,12,13). The highest BCUT2D eigenvalue weighted by atomic mass is 35.5. The van der Waals surface area contributed by atoms with Crippen LogP contribution >= 0.6 is 11.6 Å². The summed E-state index contributed by atoms with van der Waals surface area (Å²) < 4.78 is 0. The number of oxime groups is 1. The number of carbonyl (C=O) groups excluding carboxylic acids is 1. The van der Waals surface area contributed by atoms with Crippen LogP contribution in [0.15, 0.2) is 29.4 Å². The highest BCUT2D eigenvalue weighted by molar-refractivity contribution is 6.30. The zero-order valence-corrected chi connectivity index (χ0v) is 8.57. The molecule has 0 saturated heterocycles. The molecule has 5 nitrogen and oxygen atoms in total. The van der Waals surface area contributed by atoms with Crippen molar-refractivity contribution in [2.75, 3.05) is 6.61 Å². The van der Waals surface area contributed by atoms with Crippen molar-refractivity contribution < 1.29 is 9.63 Å². The third-order valence-electron chi connectivity index (χ3n) is 1.51. The van der Waals surface area contributed by atoms with Crippen LogP contribution in [0.1, 0.15) is 5.56 Å². The molecule has 0 fully saturated rings. The highest BCUT2D eigenvalue weighted by Gasteiger charge is 1.99. The number of hydrogen-bond donors (Lipinski definition) is 2. The molecule has 0 aliphatic rings. The number of carbonyl (C=O) groups is 1. The molecule has 6 heteroatoms. The lowest BCUT2D eigenvalue weighted by Crippen LogP contribution is -2.19. The van der Waals surface area contributed by atoms with Crippen molar-refractivity contribution in [2.45, 2.75) is 0 Å². The van der Waals surface area contributed by atoms with Crippen LogP contribution < -0.4 is 11.5 Å². The van der Waals surface area contributed by atoms with Gasteiger partial charge >= 0.3 is 0 Å². The van der Waals surface area contributed by atoms with Gasteiger partial charge in [0.05, 0.1) is 0 Å². The van der Waals surface area contributed by atoms with Gasteiger partial charge in [-0.15, -0.1) is 0 Å². The van der Waals surface area contributed by atoms with Crippen LogP contribution in [0.2, 0.25) is 5.02 Å². The first-order chi connectivity index (χ1) is 7.09. The Morgan fingerprint density at radius 1 is 1.33 bits per heavy atom. The smallest absolute Gasteiger partial charge is 0.258 e. The van der Waals surface area contributed by atoms with Gasteiger partial charge in [-0.1, -0.05) is 16.8 Å². The fraction of sp³-hybridized carbons (Fsp3) is 0.111. The summed E-state index contributed by atoms with van der Waals surface area (Å²) in [6.45, 7) is -0.297. The number of amidine groups is 1. The molecule has 1 rings (SSSR count). The molecule has 0 heterocycles. The monoisotopic (exact) mass is 227 g/mol. The van der Waals surface area contributed by atoms with Gasteiger partial charge in [0.15, 0.2) is 12.4 Å². The lowest BCUT2D eigenvalue weighted by molar-refractivity contribution is -0.122. The van der Waals surface area contributed by atoms with E-state index < -0.39 is 5.91 Å². The van der Waals surface area contributed by atoms with E-state index in [2.05, 4.69) is 9.99 Å². The SMILES string of the molecule is NC(=O)CO/N=C(\N)c1ccc(Cl)cc1. The fourth-order valence-electron chi connectivity index (χ4n) is 0.839. The Morgan fingerprint density at radius 3 is 2.47 bits per heavy atom. The van der Waals surface area contributed by atoms with Crippen LogP contribution in [-0.4, -0.2) is 18.3 Å². The largest absolute Gasteiger partial charge is 0.384 e. The molecular formula is C9H10ClN3O2. The van der Waals surface area contributed by atoms with Crippen LogP contribution in [-0.2, 0) is 9.63 Å². The topological polar surface area (TPSA) is 90.7 Å². The van der Waals surface area contributed by atoms with Gasteiger partial charge in [0.2, 0.25) is 0 Å². The molecule has 0 aliphatic carbocycles. The van der Waals surface area contributed by atoms with E-state index in [1.807, 2.05) is 0 Å². The van der Waals surface area contributed by atoms with Crippen molar-refractivity contribution in [1.82, 2.24) is 0 Å². The minimum absolute atomic E-state index is 0.160. The normalized spacial score (nSPS) is 11.1.